The summed E-state index contributed by atoms with van der Waals surface area (Å²) in [6, 6.07) is -0.456. The molecule has 1 N–H and O–H groups in total. The van der Waals surface area contributed by atoms with Gasteiger partial charge in [0, 0.05) is 26.1 Å². The van der Waals surface area contributed by atoms with Crippen molar-refractivity contribution in [2.45, 2.75) is 58.6 Å². The molecule has 0 aliphatic carbocycles. The van der Waals surface area contributed by atoms with Crippen LogP contribution in [-0.4, -0.2) is 48.1 Å². The molecule has 0 aromatic rings. The minimum atomic E-state index is -0.456. The lowest BCUT2D eigenvalue weighted by Gasteiger charge is -2.35. The fraction of sp³-hybridized carbons (Fsp3) is 0.867. The van der Waals surface area contributed by atoms with Crippen LogP contribution in [0, 0.1) is 5.41 Å². The molecule has 0 radical (unpaired) electrons. The van der Waals surface area contributed by atoms with E-state index in [4.69, 9.17) is 4.74 Å². The Balaban J connectivity index is 2.15. The SMILES string of the molecule is CC1(CN2CCC(=O)NC(C(C)(C)C)C2=O)CCCO1. The number of amides is 2. The molecule has 20 heavy (non-hydrogen) atoms. The highest BCUT2D eigenvalue weighted by Gasteiger charge is 2.41. The van der Waals surface area contributed by atoms with Gasteiger partial charge < -0.3 is 15.0 Å². The highest BCUT2D eigenvalue weighted by molar-refractivity contribution is 5.90. The zero-order valence-electron chi connectivity index (χ0n) is 13.0. The van der Waals surface area contributed by atoms with Crippen LogP contribution >= 0.6 is 0 Å². The van der Waals surface area contributed by atoms with Gasteiger partial charge in [-0.25, -0.2) is 0 Å². The molecule has 2 saturated heterocycles. The smallest absolute Gasteiger partial charge is 0.245 e. The number of hydrogen-bond acceptors (Lipinski definition) is 3. The van der Waals surface area contributed by atoms with Gasteiger partial charge in [0.05, 0.1) is 5.60 Å². The number of nitrogens with one attached hydrogen (secondary N) is 1. The minimum absolute atomic E-state index is 0.0140. The largest absolute Gasteiger partial charge is 0.373 e. The van der Waals surface area contributed by atoms with Crippen LogP contribution in [0.1, 0.15) is 47.0 Å². The molecule has 0 bridgehead atoms. The molecule has 2 heterocycles. The normalized spacial score (nSPS) is 32.2. The van der Waals surface area contributed by atoms with Gasteiger partial charge in [-0.05, 0) is 25.2 Å². The molecule has 2 rings (SSSR count). The zero-order chi connectivity index (χ0) is 15.0. The van der Waals surface area contributed by atoms with Gasteiger partial charge in [0.15, 0.2) is 0 Å². The summed E-state index contributed by atoms with van der Waals surface area (Å²) < 4.78 is 5.78. The van der Waals surface area contributed by atoms with Crippen LogP contribution in [0.4, 0.5) is 0 Å². The first-order valence-corrected chi connectivity index (χ1v) is 7.43. The van der Waals surface area contributed by atoms with Crippen LogP contribution in [0.3, 0.4) is 0 Å². The molecule has 0 spiro atoms. The van der Waals surface area contributed by atoms with E-state index in [0.717, 1.165) is 19.4 Å². The summed E-state index contributed by atoms with van der Waals surface area (Å²) in [5.74, 6) is -0.0293. The Labute approximate surface area is 121 Å². The monoisotopic (exact) mass is 282 g/mol. The first-order chi connectivity index (χ1) is 9.21. The van der Waals surface area contributed by atoms with Gasteiger partial charge in [-0.15, -0.1) is 0 Å². The van der Waals surface area contributed by atoms with Gasteiger partial charge in [-0.2, -0.15) is 0 Å². The van der Waals surface area contributed by atoms with E-state index >= 15 is 0 Å². The Bertz CT molecular complexity index is 394. The van der Waals surface area contributed by atoms with Crippen LogP contribution in [0.2, 0.25) is 0 Å². The Morgan fingerprint density at radius 1 is 1.40 bits per heavy atom. The second-order valence-electron chi connectivity index (χ2n) is 7.28. The molecule has 0 saturated carbocycles. The quantitative estimate of drug-likeness (QED) is 0.831. The molecule has 0 aromatic carbocycles. The van der Waals surface area contributed by atoms with Crippen LogP contribution < -0.4 is 5.32 Å². The third-order valence-corrected chi connectivity index (χ3v) is 4.16. The maximum atomic E-state index is 12.7. The van der Waals surface area contributed by atoms with Crippen LogP contribution in [0.5, 0.6) is 0 Å². The summed E-state index contributed by atoms with van der Waals surface area (Å²) in [6.45, 7) is 9.81. The predicted molar refractivity (Wildman–Crippen MR) is 76.2 cm³/mol. The number of carbonyl (C=O) groups excluding carboxylic acids is 2. The van der Waals surface area contributed by atoms with E-state index in [1.165, 1.54) is 0 Å². The molecule has 0 aromatic heterocycles. The molecule has 5 heteroatoms. The van der Waals surface area contributed by atoms with Gasteiger partial charge in [0.2, 0.25) is 11.8 Å². The van der Waals surface area contributed by atoms with Crippen LogP contribution in [-0.2, 0) is 14.3 Å². The van der Waals surface area contributed by atoms with Crippen molar-refractivity contribution in [1.82, 2.24) is 10.2 Å². The lowest BCUT2D eigenvalue weighted by molar-refractivity contribution is -0.139. The zero-order valence-corrected chi connectivity index (χ0v) is 13.0. The Kier molecular flexibility index (Phi) is 4.09. The molecule has 2 fully saturated rings. The Morgan fingerprint density at radius 3 is 2.65 bits per heavy atom. The maximum absolute atomic E-state index is 12.7. The number of hydrogen-bond donors (Lipinski definition) is 1. The van der Waals surface area contributed by atoms with Crippen molar-refractivity contribution in [1.29, 1.82) is 0 Å². The molecule has 114 valence electrons. The summed E-state index contributed by atoms with van der Waals surface area (Å²) in [5, 5.41) is 2.87. The fourth-order valence-corrected chi connectivity index (χ4v) is 2.93. The molecule has 2 aliphatic rings. The second-order valence-corrected chi connectivity index (χ2v) is 7.28. The molecule has 2 aliphatic heterocycles. The van der Waals surface area contributed by atoms with E-state index in [0.29, 0.717) is 19.5 Å². The van der Waals surface area contributed by atoms with Crippen molar-refractivity contribution in [3.63, 3.8) is 0 Å². The maximum Gasteiger partial charge on any atom is 0.245 e. The van der Waals surface area contributed by atoms with Crippen LogP contribution in [0.25, 0.3) is 0 Å². The number of rotatable bonds is 2. The molecular weight excluding hydrogens is 256 g/mol. The van der Waals surface area contributed by atoms with Crippen molar-refractivity contribution < 1.29 is 14.3 Å². The fourth-order valence-electron chi connectivity index (χ4n) is 2.93. The van der Waals surface area contributed by atoms with E-state index in [1.807, 2.05) is 20.8 Å². The predicted octanol–water partition coefficient (Wildman–Crippen LogP) is 1.32. The van der Waals surface area contributed by atoms with Gasteiger partial charge in [-0.1, -0.05) is 20.8 Å². The van der Waals surface area contributed by atoms with Crippen molar-refractivity contribution >= 4 is 11.8 Å². The summed E-state index contributed by atoms with van der Waals surface area (Å²) >= 11 is 0. The van der Waals surface area contributed by atoms with Crippen molar-refractivity contribution in [3.8, 4) is 0 Å². The van der Waals surface area contributed by atoms with E-state index in [9.17, 15) is 9.59 Å². The van der Waals surface area contributed by atoms with Gasteiger partial charge in [0.25, 0.3) is 0 Å². The van der Waals surface area contributed by atoms with Crippen molar-refractivity contribution in [3.05, 3.63) is 0 Å². The Morgan fingerprint density at radius 2 is 2.10 bits per heavy atom. The summed E-state index contributed by atoms with van der Waals surface area (Å²) in [7, 11) is 0. The topological polar surface area (TPSA) is 58.6 Å². The molecular formula is C15H26N2O3. The first kappa shape index (κ1) is 15.3. The summed E-state index contributed by atoms with van der Waals surface area (Å²) in [5.41, 5.74) is -0.543. The number of nitrogens with zero attached hydrogens (tertiary/aromatic N) is 1. The van der Waals surface area contributed by atoms with E-state index in [1.54, 1.807) is 4.90 Å². The first-order valence-electron chi connectivity index (χ1n) is 7.43. The average molecular weight is 282 g/mol. The summed E-state index contributed by atoms with van der Waals surface area (Å²) in [4.78, 5) is 26.4. The molecule has 2 atom stereocenters. The van der Waals surface area contributed by atoms with Crippen LogP contribution in [0.15, 0.2) is 0 Å². The highest BCUT2D eigenvalue weighted by Crippen LogP contribution is 2.28. The van der Waals surface area contributed by atoms with Gasteiger partial charge >= 0.3 is 0 Å². The number of ether oxygens (including phenoxy) is 1. The van der Waals surface area contributed by atoms with E-state index in [2.05, 4.69) is 12.2 Å². The molecule has 5 nitrogen and oxygen atoms in total. The lowest BCUT2D eigenvalue weighted by atomic mass is 9.85. The van der Waals surface area contributed by atoms with E-state index < -0.39 is 6.04 Å². The minimum Gasteiger partial charge on any atom is -0.373 e. The van der Waals surface area contributed by atoms with Gasteiger partial charge in [-0.3, -0.25) is 9.59 Å². The van der Waals surface area contributed by atoms with Crippen molar-refractivity contribution in [2.24, 2.45) is 5.41 Å². The van der Waals surface area contributed by atoms with Gasteiger partial charge in [0.1, 0.15) is 6.04 Å². The third kappa shape index (κ3) is 3.32. The average Bonchev–Trinajstić information content (AvgIpc) is 2.70. The standard InChI is InChI=1S/C15H26N2O3/c1-14(2,3)12-13(19)17(8-6-11(18)16-12)10-15(4)7-5-9-20-15/h12H,5-10H2,1-4H3,(H,16,18). The second kappa shape index (κ2) is 5.35. The molecule has 2 amide bonds. The highest BCUT2D eigenvalue weighted by atomic mass is 16.5. The van der Waals surface area contributed by atoms with E-state index in [-0.39, 0.29) is 22.8 Å². The Hall–Kier alpha value is -1.10. The summed E-state index contributed by atoms with van der Waals surface area (Å²) in [6.07, 6.45) is 2.38. The third-order valence-electron chi connectivity index (χ3n) is 4.16. The van der Waals surface area contributed by atoms with Crippen molar-refractivity contribution in [2.75, 3.05) is 19.7 Å². The lowest BCUT2D eigenvalue weighted by Crippen LogP contribution is -2.54. The molecule has 2 unspecified atom stereocenters. The number of carbonyl (C=O) groups is 2.